The van der Waals surface area contributed by atoms with E-state index in [2.05, 4.69) is 24.1 Å². The molecule has 1 atom stereocenters. The summed E-state index contributed by atoms with van der Waals surface area (Å²) in [5.74, 6) is 0.119. The van der Waals surface area contributed by atoms with Crippen molar-refractivity contribution in [2.24, 2.45) is 5.92 Å². The Labute approximate surface area is 172 Å². The molecule has 1 N–H and O–H groups in total. The van der Waals surface area contributed by atoms with Gasteiger partial charge in [-0.1, -0.05) is 37.2 Å². The number of amides is 3. The third-order valence-corrected chi connectivity index (χ3v) is 5.88. The maximum atomic E-state index is 13.0. The minimum atomic E-state index is -0.558. The van der Waals surface area contributed by atoms with E-state index in [0.29, 0.717) is 46.6 Å². The molecule has 1 saturated heterocycles. The van der Waals surface area contributed by atoms with Crippen molar-refractivity contribution in [3.05, 3.63) is 33.6 Å². The zero-order chi connectivity index (χ0) is 20.4. The van der Waals surface area contributed by atoms with Crippen LogP contribution in [0, 0.1) is 5.92 Å². The van der Waals surface area contributed by atoms with Gasteiger partial charge in [0.05, 0.1) is 16.2 Å². The molecule has 1 aromatic carbocycles. The van der Waals surface area contributed by atoms with E-state index in [0.717, 1.165) is 6.42 Å². The number of thioether (sulfide) groups is 1. The van der Waals surface area contributed by atoms with Crippen molar-refractivity contribution in [1.82, 2.24) is 19.8 Å². The van der Waals surface area contributed by atoms with Crippen molar-refractivity contribution in [3.8, 4) is 0 Å². The summed E-state index contributed by atoms with van der Waals surface area (Å²) in [6.07, 6.45) is 0.811. The van der Waals surface area contributed by atoms with E-state index >= 15 is 0 Å². The molecule has 1 aliphatic rings. The van der Waals surface area contributed by atoms with E-state index in [1.165, 1.54) is 16.7 Å². The number of hydrogen-bond acceptors (Lipinski definition) is 5. The molecule has 0 radical (unpaired) electrons. The van der Waals surface area contributed by atoms with Gasteiger partial charge < -0.3 is 5.32 Å². The van der Waals surface area contributed by atoms with E-state index in [4.69, 9.17) is 11.6 Å². The van der Waals surface area contributed by atoms with Crippen LogP contribution in [0.1, 0.15) is 27.2 Å². The highest BCUT2D eigenvalue weighted by Gasteiger charge is 2.31. The Morgan fingerprint density at radius 1 is 1.32 bits per heavy atom. The van der Waals surface area contributed by atoms with Gasteiger partial charge in [0.2, 0.25) is 5.91 Å². The van der Waals surface area contributed by atoms with Gasteiger partial charge in [-0.3, -0.25) is 19.1 Å². The number of nitrogens with zero attached hydrogens (tertiary/aromatic N) is 3. The molecule has 3 rings (SSSR count). The lowest BCUT2D eigenvalue weighted by molar-refractivity contribution is -0.126. The third kappa shape index (κ3) is 4.33. The van der Waals surface area contributed by atoms with Crippen molar-refractivity contribution < 1.29 is 9.59 Å². The van der Waals surface area contributed by atoms with E-state index in [1.54, 1.807) is 29.7 Å². The standard InChI is InChI=1S/C19H23ClN4O3S/c1-11(2)6-8-24-17(26)14-5-4-13(20)10-15(14)22-19(24)28-12(3)16(25)23-9-7-21-18(23)27/h4-5,10-12H,6-9H2,1-3H3,(H,21,27)/t12-/m1/s1. The summed E-state index contributed by atoms with van der Waals surface area (Å²) in [5, 5.41) is 3.52. The summed E-state index contributed by atoms with van der Waals surface area (Å²) in [6.45, 7) is 7.21. The number of aromatic nitrogens is 2. The quantitative estimate of drug-likeness (QED) is 0.571. The van der Waals surface area contributed by atoms with Crippen molar-refractivity contribution in [1.29, 1.82) is 0 Å². The second-order valence-electron chi connectivity index (χ2n) is 7.18. The number of nitrogens with one attached hydrogen (secondary N) is 1. The number of hydrogen-bond donors (Lipinski definition) is 1. The maximum absolute atomic E-state index is 13.0. The molecule has 1 fully saturated rings. The van der Waals surface area contributed by atoms with Gasteiger partial charge in [0, 0.05) is 24.7 Å². The number of carbonyl (C=O) groups is 2. The number of fused-ring (bicyclic) bond motifs is 1. The summed E-state index contributed by atoms with van der Waals surface area (Å²) >= 11 is 7.25. The summed E-state index contributed by atoms with van der Waals surface area (Å²) < 4.78 is 1.62. The van der Waals surface area contributed by atoms with E-state index in [1.807, 2.05) is 0 Å². The van der Waals surface area contributed by atoms with Crippen LogP contribution in [0.15, 0.2) is 28.2 Å². The number of imide groups is 1. The minimum absolute atomic E-state index is 0.150. The predicted octanol–water partition coefficient (Wildman–Crippen LogP) is 3.13. The Kier molecular flexibility index (Phi) is 6.30. The second-order valence-corrected chi connectivity index (χ2v) is 8.92. The third-order valence-electron chi connectivity index (χ3n) is 4.57. The van der Waals surface area contributed by atoms with Crippen LogP contribution in [0.3, 0.4) is 0 Å². The molecule has 0 saturated carbocycles. The van der Waals surface area contributed by atoms with Crippen LogP contribution in [-0.2, 0) is 11.3 Å². The second kappa shape index (κ2) is 8.53. The van der Waals surface area contributed by atoms with Crippen molar-refractivity contribution >= 4 is 46.2 Å². The molecule has 3 amide bonds. The Balaban J connectivity index is 1.97. The lowest BCUT2D eigenvalue weighted by Crippen LogP contribution is -2.39. The monoisotopic (exact) mass is 422 g/mol. The van der Waals surface area contributed by atoms with Gasteiger partial charge in [-0.15, -0.1) is 0 Å². The highest BCUT2D eigenvalue weighted by Crippen LogP contribution is 2.26. The van der Waals surface area contributed by atoms with Crippen molar-refractivity contribution in [2.75, 3.05) is 13.1 Å². The van der Waals surface area contributed by atoms with Crippen molar-refractivity contribution in [3.63, 3.8) is 0 Å². The van der Waals surface area contributed by atoms with Gasteiger partial charge in [0.1, 0.15) is 0 Å². The first kappa shape index (κ1) is 20.7. The Hall–Kier alpha value is -2.06. The number of urea groups is 1. The molecule has 9 heteroatoms. The number of benzene rings is 1. The largest absolute Gasteiger partial charge is 0.336 e. The summed E-state index contributed by atoms with van der Waals surface area (Å²) in [4.78, 5) is 43.3. The zero-order valence-electron chi connectivity index (χ0n) is 16.1. The molecule has 7 nitrogen and oxygen atoms in total. The van der Waals surface area contributed by atoms with Crippen LogP contribution in [0.2, 0.25) is 5.02 Å². The van der Waals surface area contributed by atoms with Gasteiger partial charge in [0.15, 0.2) is 5.16 Å². The average Bonchev–Trinajstić information content (AvgIpc) is 3.06. The van der Waals surface area contributed by atoms with Gasteiger partial charge in [-0.05, 0) is 37.5 Å². The first-order valence-electron chi connectivity index (χ1n) is 9.24. The average molecular weight is 423 g/mol. The maximum Gasteiger partial charge on any atom is 0.324 e. The van der Waals surface area contributed by atoms with Crippen LogP contribution < -0.4 is 10.9 Å². The molecule has 2 aromatic rings. The molecule has 0 unspecified atom stereocenters. The van der Waals surface area contributed by atoms with Crippen LogP contribution >= 0.6 is 23.4 Å². The SMILES string of the molecule is CC(C)CCn1c(S[C@H](C)C(=O)N2CCNC2=O)nc2cc(Cl)ccc2c1=O. The molecule has 2 heterocycles. The normalized spacial score (nSPS) is 15.3. The fourth-order valence-electron chi connectivity index (χ4n) is 2.96. The molecule has 28 heavy (non-hydrogen) atoms. The van der Waals surface area contributed by atoms with E-state index in [-0.39, 0.29) is 17.5 Å². The van der Waals surface area contributed by atoms with Crippen LogP contribution in [0.4, 0.5) is 4.79 Å². The van der Waals surface area contributed by atoms with Crippen LogP contribution in [0.5, 0.6) is 0 Å². The summed E-state index contributed by atoms with van der Waals surface area (Å²) in [6, 6.07) is 4.62. The fraction of sp³-hybridized carbons (Fsp3) is 0.474. The Morgan fingerprint density at radius 2 is 2.07 bits per heavy atom. The van der Waals surface area contributed by atoms with E-state index < -0.39 is 5.25 Å². The molecule has 0 aliphatic carbocycles. The first-order chi connectivity index (χ1) is 13.3. The van der Waals surface area contributed by atoms with Crippen molar-refractivity contribution in [2.45, 2.75) is 44.1 Å². The minimum Gasteiger partial charge on any atom is -0.336 e. The highest BCUT2D eigenvalue weighted by molar-refractivity contribution is 8.00. The van der Waals surface area contributed by atoms with Crippen LogP contribution in [-0.4, -0.2) is 44.7 Å². The Morgan fingerprint density at radius 3 is 2.71 bits per heavy atom. The summed E-state index contributed by atoms with van der Waals surface area (Å²) in [7, 11) is 0. The number of rotatable bonds is 6. The topological polar surface area (TPSA) is 84.3 Å². The predicted molar refractivity (Wildman–Crippen MR) is 111 cm³/mol. The lowest BCUT2D eigenvalue weighted by Gasteiger charge is -2.19. The summed E-state index contributed by atoms with van der Waals surface area (Å²) in [5.41, 5.74) is 0.350. The molecule has 0 spiro atoms. The van der Waals surface area contributed by atoms with Gasteiger partial charge >= 0.3 is 6.03 Å². The van der Waals surface area contributed by atoms with Gasteiger partial charge in [0.25, 0.3) is 5.56 Å². The van der Waals surface area contributed by atoms with Gasteiger partial charge in [-0.2, -0.15) is 0 Å². The zero-order valence-corrected chi connectivity index (χ0v) is 17.6. The molecular formula is C19H23ClN4O3S. The molecule has 1 aliphatic heterocycles. The first-order valence-corrected chi connectivity index (χ1v) is 10.5. The smallest absolute Gasteiger partial charge is 0.324 e. The number of carbonyl (C=O) groups excluding carboxylic acids is 2. The fourth-order valence-corrected chi connectivity index (χ4v) is 4.12. The lowest BCUT2D eigenvalue weighted by atomic mass is 10.1. The molecule has 1 aromatic heterocycles. The Bertz CT molecular complexity index is 976. The van der Waals surface area contributed by atoms with Gasteiger partial charge in [-0.25, -0.2) is 9.78 Å². The van der Waals surface area contributed by atoms with Crippen LogP contribution in [0.25, 0.3) is 10.9 Å². The number of halogens is 1. The molecule has 0 bridgehead atoms. The van der Waals surface area contributed by atoms with E-state index in [9.17, 15) is 14.4 Å². The molecular weight excluding hydrogens is 400 g/mol. The highest BCUT2D eigenvalue weighted by atomic mass is 35.5. The molecule has 150 valence electrons.